The maximum Gasteiger partial charge on any atom is 0.433 e. The molecule has 0 aromatic carbocycles. The zero-order valence-corrected chi connectivity index (χ0v) is 11.9. The van der Waals surface area contributed by atoms with Crippen molar-refractivity contribution in [3.8, 4) is 0 Å². The van der Waals surface area contributed by atoms with Crippen LogP contribution in [0.1, 0.15) is 26.0 Å². The van der Waals surface area contributed by atoms with Crippen molar-refractivity contribution in [1.82, 2.24) is 14.9 Å². The highest BCUT2D eigenvalue weighted by atomic mass is 19.4. The Hall–Kier alpha value is -2.06. The molecule has 0 saturated carbocycles. The summed E-state index contributed by atoms with van der Waals surface area (Å²) in [4.78, 5) is 20.2. The van der Waals surface area contributed by atoms with Crippen molar-refractivity contribution in [2.24, 2.45) is 0 Å². The molecule has 0 bridgehead atoms. The number of anilines is 2. The fourth-order valence-electron chi connectivity index (χ4n) is 1.73. The van der Waals surface area contributed by atoms with E-state index in [1.54, 1.807) is 4.90 Å². The average Bonchev–Trinajstić information content (AvgIpc) is 2.38. The second-order valence-electron chi connectivity index (χ2n) is 4.24. The lowest BCUT2D eigenvalue weighted by atomic mass is 10.3. The molecule has 1 aromatic rings. The number of halogens is 3. The zero-order chi connectivity index (χ0) is 16.0. The first kappa shape index (κ1) is 17.0. The maximum atomic E-state index is 12.6. The lowest BCUT2D eigenvalue weighted by Crippen LogP contribution is -2.31. The van der Waals surface area contributed by atoms with Gasteiger partial charge < -0.3 is 16.0 Å². The number of aromatic nitrogens is 2. The Morgan fingerprint density at radius 1 is 1.33 bits per heavy atom. The van der Waals surface area contributed by atoms with Gasteiger partial charge in [-0.3, -0.25) is 4.79 Å². The van der Waals surface area contributed by atoms with Gasteiger partial charge in [0.15, 0.2) is 5.69 Å². The van der Waals surface area contributed by atoms with E-state index in [4.69, 9.17) is 5.73 Å². The predicted octanol–water partition coefficient (Wildman–Crippen LogP) is 1.75. The number of hydrogen-bond acceptors (Lipinski definition) is 5. The highest BCUT2D eigenvalue weighted by Crippen LogP contribution is 2.29. The van der Waals surface area contributed by atoms with Crippen molar-refractivity contribution >= 4 is 17.7 Å². The molecule has 9 heteroatoms. The van der Waals surface area contributed by atoms with E-state index in [0.717, 1.165) is 6.07 Å². The lowest BCUT2D eigenvalue weighted by Gasteiger charge is -2.18. The molecule has 0 aliphatic rings. The van der Waals surface area contributed by atoms with Gasteiger partial charge in [-0.15, -0.1) is 0 Å². The summed E-state index contributed by atoms with van der Waals surface area (Å²) >= 11 is 0. The van der Waals surface area contributed by atoms with Crippen molar-refractivity contribution in [3.05, 3.63) is 11.8 Å². The Labute approximate surface area is 120 Å². The molecule has 1 heterocycles. The van der Waals surface area contributed by atoms with Crippen molar-refractivity contribution in [3.63, 3.8) is 0 Å². The molecule has 0 radical (unpaired) electrons. The minimum absolute atomic E-state index is 0.0535. The van der Waals surface area contributed by atoms with Gasteiger partial charge in [0.1, 0.15) is 5.82 Å². The molecule has 0 unspecified atom stereocenters. The SMILES string of the molecule is CCN(CC)C(=O)CCNc1cc(C(F)(F)F)nc(N)n1. The number of alkyl halides is 3. The number of nitrogens with two attached hydrogens (primary N) is 1. The molecule has 0 aliphatic heterocycles. The van der Waals surface area contributed by atoms with Gasteiger partial charge >= 0.3 is 6.18 Å². The van der Waals surface area contributed by atoms with Gasteiger partial charge in [0.05, 0.1) is 0 Å². The third-order valence-electron chi connectivity index (χ3n) is 2.80. The topological polar surface area (TPSA) is 84.1 Å². The van der Waals surface area contributed by atoms with Crippen LogP contribution in [0.2, 0.25) is 0 Å². The molecule has 0 atom stereocenters. The van der Waals surface area contributed by atoms with Gasteiger partial charge in [-0.1, -0.05) is 0 Å². The van der Waals surface area contributed by atoms with Gasteiger partial charge in [0.2, 0.25) is 11.9 Å². The van der Waals surface area contributed by atoms with Crippen molar-refractivity contribution < 1.29 is 18.0 Å². The highest BCUT2D eigenvalue weighted by Gasteiger charge is 2.33. The largest absolute Gasteiger partial charge is 0.433 e. The lowest BCUT2D eigenvalue weighted by molar-refractivity contribution is -0.141. The van der Waals surface area contributed by atoms with Crippen LogP contribution in [0.3, 0.4) is 0 Å². The van der Waals surface area contributed by atoms with E-state index in [2.05, 4.69) is 15.3 Å². The number of carbonyl (C=O) groups is 1. The summed E-state index contributed by atoms with van der Waals surface area (Å²) < 4.78 is 37.7. The molecule has 1 rings (SSSR count). The summed E-state index contributed by atoms with van der Waals surface area (Å²) in [5.74, 6) is -0.602. The third-order valence-corrected chi connectivity index (χ3v) is 2.80. The molecule has 6 nitrogen and oxygen atoms in total. The summed E-state index contributed by atoms with van der Waals surface area (Å²) in [5.41, 5.74) is 4.12. The van der Waals surface area contributed by atoms with Crippen LogP contribution < -0.4 is 11.1 Å². The Balaban J connectivity index is 2.64. The first-order chi connectivity index (χ1) is 9.77. The van der Waals surface area contributed by atoms with Crippen molar-refractivity contribution in [2.45, 2.75) is 26.4 Å². The van der Waals surface area contributed by atoms with Gasteiger partial charge in [-0.2, -0.15) is 18.2 Å². The summed E-state index contributed by atoms with van der Waals surface area (Å²) in [5, 5.41) is 2.65. The molecule has 0 spiro atoms. The first-order valence-corrected chi connectivity index (χ1v) is 6.51. The van der Waals surface area contributed by atoms with Crippen LogP contribution in [0.5, 0.6) is 0 Å². The van der Waals surface area contributed by atoms with Gasteiger partial charge in [-0.25, -0.2) is 4.98 Å². The van der Waals surface area contributed by atoms with Gasteiger partial charge in [0.25, 0.3) is 0 Å². The first-order valence-electron chi connectivity index (χ1n) is 6.51. The second-order valence-corrected chi connectivity index (χ2v) is 4.24. The van der Waals surface area contributed by atoms with E-state index in [1.165, 1.54) is 0 Å². The molecule has 1 amide bonds. The van der Waals surface area contributed by atoms with E-state index in [-0.39, 0.29) is 24.7 Å². The highest BCUT2D eigenvalue weighted by molar-refractivity contribution is 5.76. The van der Waals surface area contributed by atoms with Gasteiger partial charge in [0, 0.05) is 32.1 Å². The Morgan fingerprint density at radius 2 is 1.95 bits per heavy atom. The van der Waals surface area contributed by atoms with E-state index in [0.29, 0.717) is 13.1 Å². The number of nitrogens with one attached hydrogen (secondary N) is 1. The fourth-order valence-corrected chi connectivity index (χ4v) is 1.73. The molecule has 0 saturated heterocycles. The van der Waals surface area contributed by atoms with Crippen LogP contribution in [-0.4, -0.2) is 40.4 Å². The van der Waals surface area contributed by atoms with Crippen LogP contribution in [0.4, 0.5) is 24.9 Å². The number of rotatable bonds is 6. The summed E-state index contributed by atoms with van der Waals surface area (Å²) in [6.07, 6.45) is -4.43. The quantitative estimate of drug-likeness (QED) is 0.836. The Morgan fingerprint density at radius 3 is 2.48 bits per heavy atom. The van der Waals surface area contributed by atoms with E-state index in [1.807, 2.05) is 13.8 Å². The van der Waals surface area contributed by atoms with E-state index >= 15 is 0 Å². The van der Waals surface area contributed by atoms with Crippen LogP contribution in [0.15, 0.2) is 6.07 Å². The van der Waals surface area contributed by atoms with Crippen LogP contribution in [0.25, 0.3) is 0 Å². The molecule has 21 heavy (non-hydrogen) atoms. The van der Waals surface area contributed by atoms with Crippen LogP contribution in [0, 0.1) is 0 Å². The predicted molar refractivity (Wildman–Crippen MR) is 72.5 cm³/mol. The molecule has 0 fully saturated rings. The normalized spacial score (nSPS) is 11.3. The average molecular weight is 305 g/mol. The molecule has 3 N–H and O–H groups in total. The van der Waals surface area contributed by atoms with Crippen LogP contribution >= 0.6 is 0 Å². The molecule has 0 aliphatic carbocycles. The molecular weight excluding hydrogens is 287 g/mol. The smallest absolute Gasteiger partial charge is 0.369 e. The number of carbonyl (C=O) groups excluding carboxylic acids is 1. The second kappa shape index (κ2) is 7.09. The summed E-state index contributed by atoms with van der Waals surface area (Å²) in [6.45, 7) is 5.07. The van der Waals surface area contributed by atoms with Gasteiger partial charge in [-0.05, 0) is 13.8 Å². The monoisotopic (exact) mass is 305 g/mol. The number of nitrogen functional groups attached to an aromatic ring is 1. The van der Waals surface area contributed by atoms with Crippen molar-refractivity contribution in [2.75, 3.05) is 30.7 Å². The Kier molecular flexibility index (Phi) is 5.74. The molecule has 1 aromatic heterocycles. The number of nitrogens with zero attached hydrogens (tertiary/aromatic N) is 3. The third kappa shape index (κ3) is 5.09. The van der Waals surface area contributed by atoms with E-state index in [9.17, 15) is 18.0 Å². The number of hydrogen-bond donors (Lipinski definition) is 2. The number of amides is 1. The Bertz CT molecular complexity index is 488. The van der Waals surface area contributed by atoms with E-state index < -0.39 is 17.8 Å². The van der Waals surface area contributed by atoms with Crippen LogP contribution in [-0.2, 0) is 11.0 Å². The molecule has 118 valence electrons. The standard InChI is InChI=1S/C12H18F3N5O/c1-3-20(4-2)10(21)5-6-17-9-7-8(12(13,14)15)18-11(16)19-9/h7H,3-6H2,1-2H3,(H3,16,17,18,19). The zero-order valence-electron chi connectivity index (χ0n) is 11.9. The molecular formula is C12H18F3N5O. The minimum Gasteiger partial charge on any atom is -0.369 e. The summed E-state index contributed by atoms with van der Waals surface area (Å²) in [7, 11) is 0. The summed E-state index contributed by atoms with van der Waals surface area (Å²) in [6, 6.07) is 0.762. The minimum atomic E-state index is -4.59. The van der Waals surface area contributed by atoms with Crippen molar-refractivity contribution in [1.29, 1.82) is 0 Å². The maximum absolute atomic E-state index is 12.6. The fraction of sp³-hybridized carbons (Fsp3) is 0.583.